The number of Topliss-reactive ketones (excluding diaryl/α,β-unsaturated/α-hetero) is 1. The number of anilines is 1. The summed E-state index contributed by atoms with van der Waals surface area (Å²) in [4.78, 5) is 36.9. The summed E-state index contributed by atoms with van der Waals surface area (Å²) in [5, 5.41) is 13.7. The van der Waals surface area contributed by atoms with Gasteiger partial charge in [-0.2, -0.15) is 0 Å². The molecule has 0 saturated carbocycles. The van der Waals surface area contributed by atoms with Gasteiger partial charge in [0.1, 0.15) is 17.1 Å². The van der Waals surface area contributed by atoms with E-state index in [1.54, 1.807) is 29.1 Å². The van der Waals surface area contributed by atoms with E-state index in [1.165, 1.54) is 16.2 Å². The number of nitrogens with zero attached hydrogens (tertiary/aromatic N) is 4. The molecular formula is C27H26N4O4S. The summed E-state index contributed by atoms with van der Waals surface area (Å²) in [5.41, 5.74) is 2.17. The normalized spacial score (nSPS) is 17.4. The molecule has 3 aromatic heterocycles. The molecule has 1 aromatic carbocycles. The van der Waals surface area contributed by atoms with Crippen molar-refractivity contribution in [1.82, 2.24) is 14.4 Å². The number of benzene rings is 1. The zero-order chi connectivity index (χ0) is 25.4. The highest BCUT2D eigenvalue weighted by Crippen LogP contribution is 2.43. The predicted octanol–water partition coefficient (Wildman–Crippen LogP) is 5.15. The van der Waals surface area contributed by atoms with E-state index < -0.39 is 17.7 Å². The summed E-state index contributed by atoms with van der Waals surface area (Å²) in [7, 11) is 0. The number of aliphatic hydroxyl groups is 1. The number of ketones is 1. The average Bonchev–Trinajstić information content (AvgIpc) is 3.55. The van der Waals surface area contributed by atoms with Gasteiger partial charge in [0.25, 0.3) is 5.78 Å². The van der Waals surface area contributed by atoms with E-state index in [2.05, 4.69) is 23.8 Å². The molecule has 4 heterocycles. The van der Waals surface area contributed by atoms with E-state index in [0.29, 0.717) is 46.0 Å². The van der Waals surface area contributed by atoms with Crippen molar-refractivity contribution in [3.05, 3.63) is 82.8 Å². The number of pyridine rings is 1. The Balaban J connectivity index is 1.67. The molecule has 1 aliphatic heterocycles. The van der Waals surface area contributed by atoms with E-state index in [0.717, 1.165) is 6.42 Å². The Bertz CT molecular complexity index is 1470. The number of fused-ring (bicyclic) bond motifs is 1. The smallest absolute Gasteiger partial charge is 0.301 e. The molecule has 1 N–H and O–H groups in total. The lowest BCUT2D eigenvalue weighted by Gasteiger charge is -2.23. The van der Waals surface area contributed by atoms with E-state index in [4.69, 9.17) is 4.74 Å². The van der Waals surface area contributed by atoms with Gasteiger partial charge in [0.15, 0.2) is 10.9 Å². The fourth-order valence-corrected chi connectivity index (χ4v) is 5.06. The third-order valence-electron chi connectivity index (χ3n) is 6.14. The van der Waals surface area contributed by atoms with Crippen LogP contribution in [0.5, 0.6) is 5.75 Å². The molecular weight excluding hydrogens is 476 g/mol. The van der Waals surface area contributed by atoms with Crippen molar-refractivity contribution in [3.63, 3.8) is 0 Å². The van der Waals surface area contributed by atoms with Gasteiger partial charge in [-0.25, -0.2) is 9.97 Å². The summed E-state index contributed by atoms with van der Waals surface area (Å²) in [5.74, 6) is -0.666. The topological polar surface area (TPSA) is 97.0 Å². The minimum absolute atomic E-state index is 0.0108. The lowest BCUT2D eigenvalue weighted by molar-refractivity contribution is -0.132. The monoisotopic (exact) mass is 502 g/mol. The molecule has 1 amide bonds. The number of hydrogen-bond donors (Lipinski definition) is 1. The number of carbonyl (C=O) groups excluding carboxylic acids is 2. The zero-order valence-electron chi connectivity index (χ0n) is 20.2. The van der Waals surface area contributed by atoms with Crippen molar-refractivity contribution in [2.24, 2.45) is 5.92 Å². The Morgan fingerprint density at radius 3 is 2.78 bits per heavy atom. The Morgan fingerprint density at radius 1 is 1.19 bits per heavy atom. The average molecular weight is 503 g/mol. The maximum Gasteiger partial charge on any atom is 0.301 e. The first kappa shape index (κ1) is 23.7. The molecule has 0 bridgehead atoms. The molecule has 184 valence electrons. The number of rotatable bonds is 7. The van der Waals surface area contributed by atoms with E-state index in [9.17, 15) is 14.7 Å². The maximum absolute atomic E-state index is 13.4. The second kappa shape index (κ2) is 9.58. The third kappa shape index (κ3) is 4.15. The second-order valence-corrected chi connectivity index (χ2v) is 9.93. The number of hydrogen-bond acceptors (Lipinski definition) is 7. The highest BCUT2D eigenvalue weighted by molar-refractivity contribution is 7.14. The number of amides is 1. The van der Waals surface area contributed by atoms with Crippen molar-refractivity contribution in [3.8, 4) is 5.75 Å². The molecule has 0 aliphatic carbocycles. The number of aryl methyl sites for hydroxylation is 1. The highest BCUT2D eigenvalue weighted by atomic mass is 32.1. The molecule has 8 nitrogen and oxygen atoms in total. The van der Waals surface area contributed by atoms with Gasteiger partial charge in [0.05, 0.1) is 23.9 Å². The summed E-state index contributed by atoms with van der Waals surface area (Å²) in [6, 6.07) is 11.9. The molecule has 9 heteroatoms. The van der Waals surface area contributed by atoms with Crippen LogP contribution in [0.3, 0.4) is 0 Å². The Hall–Kier alpha value is -3.98. The van der Waals surface area contributed by atoms with Crippen molar-refractivity contribution >= 4 is 39.6 Å². The van der Waals surface area contributed by atoms with Crippen LogP contribution in [0.1, 0.15) is 43.3 Å². The van der Waals surface area contributed by atoms with E-state index in [-0.39, 0.29) is 11.3 Å². The van der Waals surface area contributed by atoms with Crippen molar-refractivity contribution in [2.45, 2.75) is 33.2 Å². The Morgan fingerprint density at radius 2 is 2.03 bits per heavy atom. The molecule has 1 atom stereocenters. The number of thiazole rings is 1. The molecule has 4 aromatic rings. The van der Waals surface area contributed by atoms with Crippen LogP contribution in [0, 0.1) is 12.8 Å². The third-order valence-corrected chi connectivity index (χ3v) is 6.91. The van der Waals surface area contributed by atoms with Gasteiger partial charge in [-0.1, -0.05) is 32.0 Å². The fourth-order valence-electron chi connectivity index (χ4n) is 4.39. The molecule has 5 rings (SSSR count). The van der Waals surface area contributed by atoms with Gasteiger partial charge < -0.3 is 9.84 Å². The standard InChI is InChI=1S/C27H26N4O4S/c1-16(2)10-13-35-19-8-6-7-18(15-19)23-21(25(33)26(34)31(23)27-28-11-14-36-27)24(32)22-17(3)29-20-9-4-5-12-30(20)22/h4-9,11-12,14-16,23,32H,10,13H2,1-3H3. The van der Waals surface area contributed by atoms with Crippen LogP contribution in [-0.4, -0.2) is 37.8 Å². The molecule has 36 heavy (non-hydrogen) atoms. The predicted molar refractivity (Wildman–Crippen MR) is 138 cm³/mol. The minimum atomic E-state index is -0.876. The van der Waals surface area contributed by atoms with Gasteiger partial charge in [0.2, 0.25) is 0 Å². The zero-order valence-corrected chi connectivity index (χ0v) is 21.0. The largest absolute Gasteiger partial charge is 0.505 e. The fraction of sp³-hybridized carbons (Fsp3) is 0.259. The summed E-state index contributed by atoms with van der Waals surface area (Å²) in [6.07, 6.45) is 4.24. The summed E-state index contributed by atoms with van der Waals surface area (Å²) < 4.78 is 7.66. The van der Waals surface area contributed by atoms with E-state index >= 15 is 0 Å². The number of ether oxygens (including phenoxy) is 1. The first-order valence-electron chi connectivity index (χ1n) is 11.7. The molecule has 1 fully saturated rings. The first-order chi connectivity index (χ1) is 17.4. The first-order valence-corrected chi connectivity index (χ1v) is 12.6. The van der Waals surface area contributed by atoms with Gasteiger partial charge in [-0.15, -0.1) is 11.3 Å². The number of aliphatic hydroxyl groups excluding tert-OH is 1. The molecule has 0 spiro atoms. The summed E-state index contributed by atoms with van der Waals surface area (Å²) in [6.45, 7) is 6.57. The van der Waals surface area contributed by atoms with Crippen LogP contribution in [0.4, 0.5) is 5.13 Å². The quantitative estimate of drug-likeness (QED) is 0.213. The number of aromatic nitrogens is 3. The van der Waals surface area contributed by atoms with Gasteiger partial charge in [0, 0.05) is 17.8 Å². The highest BCUT2D eigenvalue weighted by Gasteiger charge is 2.48. The van der Waals surface area contributed by atoms with E-state index in [1.807, 2.05) is 42.5 Å². The summed E-state index contributed by atoms with van der Waals surface area (Å²) >= 11 is 1.25. The minimum Gasteiger partial charge on any atom is -0.505 e. The number of carbonyl (C=O) groups is 2. The Labute approximate surface area is 212 Å². The van der Waals surface area contributed by atoms with Crippen LogP contribution >= 0.6 is 11.3 Å². The van der Waals surface area contributed by atoms with Crippen LogP contribution < -0.4 is 9.64 Å². The molecule has 1 saturated heterocycles. The SMILES string of the molecule is Cc1nc2ccccn2c1C(O)=C1C(=O)C(=O)N(c2nccs2)C1c1cccc(OCCC(C)C)c1. The lowest BCUT2D eigenvalue weighted by atomic mass is 9.96. The van der Waals surface area contributed by atoms with Gasteiger partial charge >= 0.3 is 5.91 Å². The molecule has 1 aliphatic rings. The molecule has 0 radical (unpaired) electrons. The van der Waals surface area contributed by atoms with Gasteiger partial charge in [-0.3, -0.25) is 18.9 Å². The van der Waals surface area contributed by atoms with Crippen molar-refractivity contribution < 1.29 is 19.4 Å². The van der Waals surface area contributed by atoms with Crippen molar-refractivity contribution in [2.75, 3.05) is 11.5 Å². The van der Waals surface area contributed by atoms with Crippen LogP contribution in [0.15, 0.2) is 65.8 Å². The Kier molecular flexibility index (Phi) is 6.32. The van der Waals surface area contributed by atoms with Crippen LogP contribution in [0.25, 0.3) is 11.4 Å². The maximum atomic E-state index is 13.4. The van der Waals surface area contributed by atoms with Crippen LogP contribution in [-0.2, 0) is 9.59 Å². The van der Waals surface area contributed by atoms with Crippen LogP contribution in [0.2, 0.25) is 0 Å². The lowest BCUT2D eigenvalue weighted by Crippen LogP contribution is -2.29. The van der Waals surface area contributed by atoms with Gasteiger partial charge in [-0.05, 0) is 49.1 Å². The number of imidazole rings is 1. The molecule has 1 unspecified atom stereocenters. The van der Waals surface area contributed by atoms with Crippen molar-refractivity contribution in [1.29, 1.82) is 0 Å². The second-order valence-electron chi connectivity index (χ2n) is 9.06.